The van der Waals surface area contributed by atoms with E-state index in [0.29, 0.717) is 37.2 Å². The van der Waals surface area contributed by atoms with Crippen molar-refractivity contribution in [2.75, 3.05) is 11.1 Å². The molecule has 3 heterocycles. The van der Waals surface area contributed by atoms with E-state index < -0.39 is 0 Å². The second-order valence-corrected chi connectivity index (χ2v) is 8.82. The van der Waals surface area contributed by atoms with Crippen molar-refractivity contribution in [2.24, 2.45) is 0 Å². The Hall–Kier alpha value is -3.50. The average molecular weight is 467 g/mol. The van der Waals surface area contributed by atoms with Crippen molar-refractivity contribution < 1.29 is 13.6 Å². The number of thiazole rings is 1. The molecule has 1 N–H and O–H groups in total. The van der Waals surface area contributed by atoms with Crippen LogP contribution in [0.15, 0.2) is 75.2 Å². The summed E-state index contributed by atoms with van der Waals surface area (Å²) in [5, 5.41) is 4.02. The smallest absolute Gasteiger partial charge is 0.262 e. The third-order valence-electron chi connectivity index (χ3n) is 4.65. The van der Waals surface area contributed by atoms with Gasteiger partial charge in [-0.15, -0.1) is 0 Å². The number of hydrogen-bond acceptors (Lipinski definition) is 7. The third kappa shape index (κ3) is 4.14. The standard InChI is InChI=1S/C22H15FN4O3S2/c23-13-7-8-17-18(10-13)32-21(24-17)26-19(28)12-31-22-25-16-6-2-1-5-15(16)20(29)27(22)11-14-4-3-9-30-14/h1-10H,11-12H2,(H,24,26,28). The summed E-state index contributed by atoms with van der Waals surface area (Å²) in [6.45, 7) is 0.205. The van der Waals surface area contributed by atoms with Crippen LogP contribution in [0.2, 0.25) is 0 Å². The van der Waals surface area contributed by atoms with Gasteiger partial charge in [0.25, 0.3) is 5.56 Å². The van der Waals surface area contributed by atoms with Gasteiger partial charge in [-0.1, -0.05) is 35.2 Å². The molecule has 0 unspecified atom stereocenters. The van der Waals surface area contributed by atoms with E-state index >= 15 is 0 Å². The van der Waals surface area contributed by atoms with Gasteiger partial charge < -0.3 is 9.73 Å². The molecule has 2 aromatic carbocycles. The van der Waals surface area contributed by atoms with Gasteiger partial charge in [0.1, 0.15) is 11.6 Å². The molecule has 7 nitrogen and oxygen atoms in total. The number of halogens is 1. The molecule has 3 aromatic heterocycles. The Morgan fingerprint density at radius 3 is 2.84 bits per heavy atom. The van der Waals surface area contributed by atoms with Crippen LogP contribution in [0, 0.1) is 5.82 Å². The van der Waals surface area contributed by atoms with Crippen molar-refractivity contribution in [3.05, 3.63) is 82.8 Å². The van der Waals surface area contributed by atoms with Crippen molar-refractivity contribution in [3.8, 4) is 0 Å². The van der Waals surface area contributed by atoms with Crippen molar-refractivity contribution in [2.45, 2.75) is 11.7 Å². The van der Waals surface area contributed by atoms with Crippen LogP contribution in [0.1, 0.15) is 5.76 Å². The molecule has 10 heteroatoms. The van der Waals surface area contributed by atoms with Crippen molar-refractivity contribution in [3.63, 3.8) is 0 Å². The Balaban J connectivity index is 1.38. The number of carbonyl (C=O) groups is 1. The topological polar surface area (TPSA) is 90.0 Å². The van der Waals surface area contributed by atoms with Gasteiger partial charge in [0.15, 0.2) is 10.3 Å². The molecular weight excluding hydrogens is 451 g/mol. The summed E-state index contributed by atoms with van der Waals surface area (Å²) in [5.74, 6) is -0.0297. The van der Waals surface area contributed by atoms with Gasteiger partial charge in [-0.25, -0.2) is 14.4 Å². The number of nitrogens with zero attached hydrogens (tertiary/aromatic N) is 3. The molecule has 32 heavy (non-hydrogen) atoms. The highest BCUT2D eigenvalue weighted by Gasteiger charge is 2.15. The van der Waals surface area contributed by atoms with Gasteiger partial charge in [-0.2, -0.15) is 0 Å². The van der Waals surface area contributed by atoms with Gasteiger partial charge in [0.2, 0.25) is 5.91 Å². The molecule has 0 saturated carbocycles. The number of hydrogen-bond donors (Lipinski definition) is 1. The number of anilines is 1. The van der Waals surface area contributed by atoms with E-state index in [1.807, 2.05) is 6.07 Å². The number of benzene rings is 2. The zero-order valence-corrected chi connectivity index (χ0v) is 18.1. The molecule has 0 aliphatic rings. The first kappa shape index (κ1) is 20.4. The Morgan fingerprint density at radius 1 is 1.12 bits per heavy atom. The fourth-order valence-electron chi connectivity index (χ4n) is 3.19. The first-order chi connectivity index (χ1) is 15.6. The predicted octanol–water partition coefficient (Wildman–Crippen LogP) is 4.52. The van der Waals surface area contributed by atoms with Crippen molar-refractivity contribution in [1.82, 2.24) is 14.5 Å². The number of thioether (sulfide) groups is 1. The maximum Gasteiger partial charge on any atom is 0.262 e. The SMILES string of the molecule is O=C(CSc1nc2ccccc2c(=O)n1Cc1ccco1)Nc1nc2ccc(F)cc2s1. The summed E-state index contributed by atoms with van der Waals surface area (Å²) in [6, 6.07) is 14.9. The van der Waals surface area contributed by atoms with Crippen molar-refractivity contribution >= 4 is 55.3 Å². The number of amides is 1. The highest BCUT2D eigenvalue weighted by molar-refractivity contribution is 7.99. The normalized spacial score (nSPS) is 11.3. The largest absolute Gasteiger partial charge is 0.467 e. The van der Waals surface area contributed by atoms with Crippen molar-refractivity contribution in [1.29, 1.82) is 0 Å². The highest BCUT2D eigenvalue weighted by Crippen LogP contribution is 2.27. The molecular formula is C22H15FN4O3S2. The van der Waals surface area contributed by atoms with Crippen LogP contribution in [-0.2, 0) is 11.3 Å². The molecule has 5 rings (SSSR count). The summed E-state index contributed by atoms with van der Waals surface area (Å²) in [7, 11) is 0. The zero-order valence-electron chi connectivity index (χ0n) is 16.4. The van der Waals surface area contributed by atoms with E-state index in [1.165, 1.54) is 28.0 Å². The Morgan fingerprint density at radius 2 is 2.00 bits per heavy atom. The molecule has 0 fully saturated rings. The second-order valence-electron chi connectivity index (χ2n) is 6.85. The van der Waals surface area contributed by atoms with E-state index in [9.17, 15) is 14.0 Å². The van der Waals surface area contributed by atoms with E-state index in [-0.39, 0.29) is 29.6 Å². The van der Waals surface area contributed by atoms with E-state index in [0.717, 1.165) is 11.8 Å². The molecule has 0 aliphatic carbocycles. The molecule has 0 bridgehead atoms. The summed E-state index contributed by atoms with van der Waals surface area (Å²) < 4.78 is 20.9. The zero-order chi connectivity index (χ0) is 22.1. The summed E-state index contributed by atoms with van der Waals surface area (Å²) in [4.78, 5) is 34.5. The lowest BCUT2D eigenvalue weighted by Crippen LogP contribution is -2.24. The maximum absolute atomic E-state index is 13.4. The molecule has 0 saturated heterocycles. The molecule has 5 aromatic rings. The predicted molar refractivity (Wildman–Crippen MR) is 123 cm³/mol. The monoisotopic (exact) mass is 466 g/mol. The summed E-state index contributed by atoms with van der Waals surface area (Å²) in [6.07, 6.45) is 1.54. The van der Waals surface area contributed by atoms with Gasteiger partial charge in [-0.3, -0.25) is 14.2 Å². The fourth-order valence-corrected chi connectivity index (χ4v) is 4.90. The van der Waals surface area contributed by atoms with Crippen LogP contribution in [0.25, 0.3) is 21.1 Å². The van der Waals surface area contributed by atoms with Crippen LogP contribution in [0.3, 0.4) is 0 Å². The number of furan rings is 1. The molecule has 0 aliphatic heterocycles. The minimum Gasteiger partial charge on any atom is -0.467 e. The van der Waals surface area contributed by atoms with Gasteiger partial charge in [-0.05, 0) is 42.5 Å². The Labute approximate surface area is 188 Å². The lowest BCUT2D eigenvalue weighted by molar-refractivity contribution is -0.113. The second kappa shape index (κ2) is 8.56. The summed E-state index contributed by atoms with van der Waals surface area (Å²) >= 11 is 2.35. The van der Waals surface area contributed by atoms with E-state index in [2.05, 4.69) is 15.3 Å². The minimum absolute atomic E-state index is 0.0211. The fraction of sp³-hybridized carbons (Fsp3) is 0.0909. The third-order valence-corrected chi connectivity index (χ3v) is 6.56. The summed E-state index contributed by atoms with van der Waals surface area (Å²) in [5.41, 5.74) is 0.968. The van der Waals surface area contributed by atoms with Gasteiger partial charge >= 0.3 is 0 Å². The van der Waals surface area contributed by atoms with Gasteiger partial charge in [0, 0.05) is 0 Å². The Kier molecular flexibility index (Phi) is 5.46. The molecule has 160 valence electrons. The highest BCUT2D eigenvalue weighted by atomic mass is 32.2. The van der Waals surface area contributed by atoms with E-state index in [1.54, 1.807) is 42.7 Å². The van der Waals surface area contributed by atoms with Crippen LogP contribution < -0.4 is 10.9 Å². The van der Waals surface area contributed by atoms with Crippen LogP contribution >= 0.6 is 23.1 Å². The lowest BCUT2D eigenvalue weighted by atomic mass is 10.2. The first-order valence-electron chi connectivity index (χ1n) is 9.57. The molecule has 0 spiro atoms. The first-order valence-corrected chi connectivity index (χ1v) is 11.4. The number of aromatic nitrogens is 3. The quantitative estimate of drug-likeness (QED) is 0.292. The van der Waals surface area contributed by atoms with E-state index in [4.69, 9.17) is 4.42 Å². The Bertz CT molecular complexity index is 1490. The van der Waals surface area contributed by atoms with Crippen LogP contribution in [-0.4, -0.2) is 26.2 Å². The van der Waals surface area contributed by atoms with Gasteiger partial charge in [0.05, 0.1) is 39.7 Å². The molecule has 0 atom stereocenters. The number of nitrogens with one attached hydrogen (secondary N) is 1. The number of fused-ring (bicyclic) bond motifs is 2. The molecule has 0 radical (unpaired) electrons. The number of rotatable bonds is 6. The average Bonchev–Trinajstić information content (AvgIpc) is 3.43. The maximum atomic E-state index is 13.4. The van der Waals surface area contributed by atoms with Crippen LogP contribution in [0.4, 0.5) is 9.52 Å². The van der Waals surface area contributed by atoms with Crippen LogP contribution in [0.5, 0.6) is 0 Å². The number of carbonyl (C=O) groups excluding carboxylic acids is 1. The minimum atomic E-state index is -0.355. The lowest BCUT2D eigenvalue weighted by Gasteiger charge is -2.12. The number of para-hydroxylation sites is 1. The molecule has 1 amide bonds.